The average molecular weight is 258 g/mol. The van der Waals surface area contributed by atoms with Crippen molar-refractivity contribution in [2.75, 3.05) is 5.75 Å². The van der Waals surface area contributed by atoms with Crippen LogP contribution in [-0.4, -0.2) is 40.2 Å². The molecule has 0 spiro atoms. The number of amides is 2. The predicted octanol–water partition coefficient (Wildman–Crippen LogP) is 1.19. The van der Waals surface area contributed by atoms with Crippen LogP contribution in [0, 0.1) is 0 Å². The number of carboxylic acid groups (broad SMARTS) is 1. The van der Waals surface area contributed by atoms with E-state index in [1.54, 1.807) is 0 Å². The SMILES string of the molecule is O=C(O)CCCCC1SCCC2NC(=O)NC21. The molecule has 0 saturated carbocycles. The molecule has 3 atom stereocenters. The molecule has 2 aliphatic heterocycles. The molecule has 96 valence electrons. The summed E-state index contributed by atoms with van der Waals surface area (Å²) in [6.45, 7) is 0. The highest BCUT2D eigenvalue weighted by atomic mass is 32.2. The fourth-order valence-corrected chi connectivity index (χ4v) is 3.98. The van der Waals surface area contributed by atoms with Gasteiger partial charge in [0.1, 0.15) is 0 Å². The Labute approximate surface area is 105 Å². The molecular weight excluding hydrogens is 240 g/mol. The van der Waals surface area contributed by atoms with Crippen LogP contribution >= 0.6 is 11.8 Å². The number of carbonyl (C=O) groups is 2. The van der Waals surface area contributed by atoms with Crippen LogP contribution in [0.25, 0.3) is 0 Å². The number of aliphatic carboxylic acids is 1. The number of fused-ring (bicyclic) bond motifs is 1. The summed E-state index contributed by atoms with van der Waals surface area (Å²) in [7, 11) is 0. The molecule has 5 nitrogen and oxygen atoms in total. The Morgan fingerprint density at radius 3 is 3.00 bits per heavy atom. The van der Waals surface area contributed by atoms with Crippen LogP contribution in [0.1, 0.15) is 32.1 Å². The van der Waals surface area contributed by atoms with Crippen LogP contribution in [0.4, 0.5) is 4.79 Å². The van der Waals surface area contributed by atoms with Gasteiger partial charge in [0.25, 0.3) is 0 Å². The molecule has 2 aliphatic rings. The van der Waals surface area contributed by atoms with Crippen molar-refractivity contribution in [2.45, 2.75) is 49.4 Å². The van der Waals surface area contributed by atoms with Gasteiger partial charge >= 0.3 is 12.0 Å². The molecule has 3 N–H and O–H groups in total. The molecule has 2 rings (SSSR count). The second-order valence-corrected chi connectivity index (χ2v) is 5.93. The molecule has 17 heavy (non-hydrogen) atoms. The number of hydrogen-bond acceptors (Lipinski definition) is 3. The van der Waals surface area contributed by atoms with Crippen LogP contribution in [0.3, 0.4) is 0 Å². The van der Waals surface area contributed by atoms with Gasteiger partial charge < -0.3 is 15.7 Å². The number of thioether (sulfide) groups is 1. The first-order valence-corrected chi connectivity index (χ1v) is 7.12. The largest absolute Gasteiger partial charge is 0.481 e. The Kier molecular flexibility index (Phi) is 4.15. The third-order valence-electron chi connectivity index (χ3n) is 3.34. The van der Waals surface area contributed by atoms with Gasteiger partial charge in [-0.15, -0.1) is 0 Å². The molecule has 2 saturated heterocycles. The molecule has 0 aromatic heterocycles. The van der Waals surface area contributed by atoms with Gasteiger partial charge in [-0.2, -0.15) is 11.8 Å². The molecule has 2 fully saturated rings. The fraction of sp³-hybridized carbons (Fsp3) is 0.818. The summed E-state index contributed by atoms with van der Waals surface area (Å²) >= 11 is 1.90. The quantitative estimate of drug-likeness (QED) is 0.647. The Morgan fingerprint density at radius 2 is 2.24 bits per heavy atom. The average Bonchev–Trinajstić information content (AvgIpc) is 2.65. The zero-order chi connectivity index (χ0) is 12.3. The molecular formula is C11H18N2O3S. The van der Waals surface area contributed by atoms with E-state index >= 15 is 0 Å². The zero-order valence-electron chi connectivity index (χ0n) is 9.65. The number of rotatable bonds is 5. The molecule has 2 amide bonds. The predicted molar refractivity (Wildman–Crippen MR) is 66.2 cm³/mol. The number of nitrogens with one attached hydrogen (secondary N) is 2. The van der Waals surface area contributed by atoms with E-state index in [1.165, 1.54) is 0 Å². The minimum absolute atomic E-state index is 0.0574. The molecule has 3 unspecified atom stereocenters. The van der Waals surface area contributed by atoms with Crippen molar-refractivity contribution >= 4 is 23.8 Å². The first-order chi connectivity index (χ1) is 8.16. The van der Waals surface area contributed by atoms with Crippen molar-refractivity contribution in [3.63, 3.8) is 0 Å². The Hall–Kier alpha value is -0.910. The van der Waals surface area contributed by atoms with Gasteiger partial charge in [-0.05, 0) is 25.0 Å². The van der Waals surface area contributed by atoms with E-state index in [9.17, 15) is 9.59 Å². The van der Waals surface area contributed by atoms with E-state index in [0.29, 0.717) is 5.25 Å². The lowest BCUT2D eigenvalue weighted by molar-refractivity contribution is -0.137. The van der Waals surface area contributed by atoms with Crippen molar-refractivity contribution < 1.29 is 14.7 Å². The van der Waals surface area contributed by atoms with Crippen LogP contribution in [0.2, 0.25) is 0 Å². The van der Waals surface area contributed by atoms with E-state index < -0.39 is 5.97 Å². The van der Waals surface area contributed by atoms with Gasteiger partial charge in [-0.25, -0.2) is 4.79 Å². The Morgan fingerprint density at radius 1 is 1.41 bits per heavy atom. The summed E-state index contributed by atoms with van der Waals surface area (Å²) in [4.78, 5) is 21.7. The minimum atomic E-state index is -0.727. The minimum Gasteiger partial charge on any atom is -0.481 e. The van der Waals surface area contributed by atoms with Gasteiger partial charge in [0.2, 0.25) is 0 Å². The number of hydrogen-bond donors (Lipinski definition) is 3. The second-order valence-electron chi connectivity index (χ2n) is 4.59. The summed E-state index contributed by atoms with van der Waals surface area (Å²) in [5.74, 6) is 0.349. The van der Waals surface area contributed by atoms with E-state index in [4.69, 9.17) is 5.11 Å². The maximum Gasteiger partial charge on any atom is 0.315 e. The number of carbonyl (C=O) groups excluding carboxylic acids is 1. The molecule has 0 aromatic carbocycles. The lowest BCUT2D eigenvalue weighted by Gasteiger charge is -2.32. The summed E-state index contributed by atoms with van der Waals surface area (Å²) in [5.41, 5.74) is 0. The highest BCUT2D eigenvalue weighted by Gasteiger charge is 2.39. The van der Waals surface area contributed by atoms with Crippen molar-refractivity contribution in [2.24, 2.45) is 0 Å². The monoisotopic (exact) mass is 258 g/mol. The lowest BCUT2D eigenvalue weighted by atomic mass is 9.99. The third kappa shape index (κ3) is 3.28. The highest BCUT2D eigenvalue weighted by Crippen LogP contribution is 2.31. The lowest BCUT2D eigenvalue weighted by Crippen LogP contribution is -2.45. The molecule has 0 aromatic rings. The maximum absolute atomic E-state index is 11.3. The number of carboxylic acids is 1. The van der Waals surface area contributed by atoms with Crippen molar-refractivity contribution in [1.29, 1.82) is 0 Å². The van der Waals surface area contributed by atoms with Gasteiger partial charge in [-0.3, -0.25) is 4.79 Å². The van der Waals surface area contributed by atoms with Crippen LogP contribution in [0.5, 0.6) is 0 Å². The first-order valence-electron chi connectivity index (χ1n) is 6.07. The third-order valence-corrected chi connectivity index (χ3v) is 4.77. The van der Waals surface area contributed by atoms with E-state index in [2.05, 4.69) is 10.6 Å². The van der Waals surface area contributed by atoms with E-state index in [-0.39, 0.29) is 24.5 Å². The fourth-order valence-electron chi connectivity index (χ4n) is 2.49. The first kappa shape index (κ1) is 12.5. The zero-order valence-corrected chi connectivity index (χ0v) is 10.5. The molecule has 0 radical (unpaired) electrons. The summed E-state index contributed by atoms with van der Waals surface area (Å²) in [6, 6.07) is 0.442. The van der Waals surface area contributed by atoms with Crippen LogP contribution in [0.15, 0.2) is 0 Å². The van der Waals surface area contributed by atoms with Gasteiger partial charge in [0, 0.05) is 11.7 Å². The smallest absolute Gasteiger partial charge is 0.315 e. The van der Waals surface area contributed by atoms with Crippen molar-refractivity contribution in [3.8, 4) is 0 Å². The molecule has 6 heteroatoms. The Balaban J connectivity index is 1.76. The molecule has 2 heterocycles. The highest BCUT2D eigenvalue weighted by molar-refractivity contribution is 8.00. The van der Waals surface area contributed by atoms with Crippen molar-refractivity contribution in [3.05, 3.63) is 0 Å². The summed E-state index contributed by atoms with van der Waals surface area (Å²) < 4.78 is 0. The number of unbranched alkanes of at least 4 members (excludes halogenated alkanes) is 1. The normalized spacial score (nSPS) is 31.5. The Bertz CT molecular complexity index is 311. The molecule has 0 bridgehead atoms. The van der Waals surface area contributed by atoms with Gasteiger partial charge in [0.05, 0.1) is 12.1 Å². The topological polar surface area (TPSA) is 78.4 Å². The van der Waals surface area contributed by atoms with Gasteiger partial charge in [-0.1, -0.05) is 6.42 Å². The van der Waals surface area contributed by atoms with Gasteiger partial charge in [0.15, 0.2) is 0 Å². The van der Waals surface area contributed by atoms with E-state index in [0.717, 1.165) is 31.4 Å². The maximum atomic E-state index is 11.3. The van der Waals surface area contributed by atoms with Crippen molar-refractivity contribution in [1.82, 2.24) is 10.6 Å². The second kappa shape index (κ2) is 5.62. The molecule has 0 aliphatic carbocycles. The summed E-state index contributed by atoms with van der Waals surface area (Å²) in [5, 5.41) is 14.9. The standard InChI is InChI=1S/C11H18N2O3S/c14-9(15)4-2-1-3-8-10-7(5-6-17-8)12-11(16)13-10/h7-8,10H,1-6H2,(H,14,15)(H2,12,13,16). The summed E-state index contributed by atoms with van der Waals surface area (Å²) in [6.07, 6.45) is 3.91. The number of urea groups is 1. The van der Waals surface area contributed by atoms with Crippen LogP contribution in [-0.2, 0) is 4.79 Å². The van der Waals surface area contributed by atoms with Crippen LogP contribution < -0.4 is 10.6 Å². The van der Waals surface area contributed by atoms with E-state index in [1.807, 2.05) is 11.8 Å².